The molecule has 1 aromatic rings. The molecule has 28 heavy (non-hydrogen) atoms. The monoisotopic (exact) mass is 505 g/mol. The van der Waals surface area contributed by atoms with Gasteiger partial charge < -0.3 is 20.9 Å². The average molecular weight is 505 g/mol. The zero-order valence-electron chi connectivity index (χ0n) is 16.8. The Labute approximate surface area is 184 Å². The van der Waals surface area contributed by atoms with Gasteiger partial charge in [0.2, 0.25) is 5.91 Å². The van der Waals surface area contributed by atoms with E-state index in [1.54, 1.807) is 12.1 Å². The highest BCUT2D eigenvalue weighted by molar-refractivity contribution is 14.0. The lowest BCUT2D eigenvalue weighted by molar-refractivity contribution is -0.114. The van der Waals surface area contributed by atoms with Gasteiger partial charge in [0.25, 0.3) is 0 Å². The molecule has 0 radical (unpaired) electrons. The predicted molar refractivity (Wildman–Crippen MR) is 124 cm³/mol. The smallest absolute Gasteiger partial charge is 0.246 e. The molecule has 1 heterocycles. The van der Waals surface area contributed by atoms with Crippen LogP contribution in [0.1, 0.15) is 39.5 Å². The maximum atomic E-state index is 13.2. The third-order valence-corrected chi connectivity index (χ3v) is 4.69. The van der Waals surface area contributed by atoms with Crippen LogP contribution in [0.25, 0.3) is 0 Å². The maximum Gasteiger partial charge on any atom is 0.246 e. The number of nitrogens with zero attached hydrogens (tertiary/aromatic N) is 2. The van der Waals surface area contributed by atoms with E-state index in [1.807, 2.05) is 6.92 Å². The molecule has 0 aliphatic carbocycles. The van der Waals surface area contributed by atoms with E-state index in [0.29, 0.717) is 17.7 Å². The number of aliphatic imine (C=N–C) groups is 1. The molecule has 8 heteroatoms. The molecule has 1 atom stereocenters. The molecule has 158 valence electrons. The van der Waals surface area contributed by atoms with Crippen molar-refractivity contribution in [2.75, 3.05) is 38.0 Å². The van der Waals surface area contributed by atoms with E-state index in [-0.39, 0.29) is 42.2 Å². The van der Waals surface area contributed by atoms with Crippen molar-refractivity contribution in [1.29, 1.82) is 0 Å². The second-order valence-electron chi connectivity index (χ2n) is 6.91. The lowest BCUT2D eigenvalue weighted by Gasteiger charge is -2.33. The van der Waals surface area contributed by atoms with Gasteiger partial charge in [-0.2, -0.15) is 0 Å². The predicted octanol–water partition coefficient (Wildman–Crippen LogP) is 3.20. The average Bonchev–Trinajstić information content (AvgIpc) is 2.64. The largest absolute Gasteiger partial charge is 0.357 e. The number of nitrogens with one attached hydrogen (secondary N) is 3. The fourth-order valence-electron chi connectivity index (χ4n) is 3.24. The number of likely N-dealkylation sites (tertiary alicyclic amines) is 1. The molecule has 1 aliphatic rings. The molecule has 0 spiro atoms. The van der Waals surface area contributed by atoms with Crippen LogP contribution in [0.3, 0.4) is 0 Å². The maximum absolute atomic E-state index is 13.2. The summed E-state index contributed by atoms with van der Waals surface area (Å²) in [7, 11) is 0. The van der Waals surface area contributed by atoms with Crippen LogP contribution < -0.4 is 16.0 Å². The summed E-state index contributed by atoms with van der Waals surface area (Å²) in [6, 6.07) is 6.50. The van der Waals surface area contributed by atoms with Gasteiger partial charge in [-0.1, -0.05) is 12.5 Å². The number of amides is 1. The molecule has 1 amide bonds. The molecule has 1 unspecified atom stereocenters. The summed E-state index contributed by atoms with van der Waals surface area (Å²) in [5.41, 5.74) is 0.434. The van der Waals surface area contributed by atoms with Crippen LogP contribution in [0.15, 0.2) is 29.3 Å². The van der Waals surface area contributed by atoms with Crippen molar-refractivity contribution in [1.82, 2.24) is 15.5 Å². The van der Waals surface area contributed by atoms with Gasteiger partial charge in [0.15, 0.2) is 5.96 Å². The van der Waals surface area contributed by atoms with Gasteiger partial charge in [0, 0.05) is 31.4 Å². The van der Waals surface area contributed by atoms with Crippen LogP contribution in [0.4, 0.5) is 10.1 Å². The first kappa shape index (κ1) is 24.6. The van der Waals surface area contributed by atoms with Crippen molar-refractivity contribution in [2.24, 2.45) is 4.99 Å². The number of carbonyl (C=O) groups excluding carboxylic acids is 1. The van der Waals surface area contributed by atoms with E-state index in [0.717, 1.165) is 26.1 Å². The van der Waals surface area contributed by atoms with Crippen molar-refractivity contribution in [3.05, 3.63) is 30.1 Å². The minimum atomic E-state index is -0.380. The summed E-state index contributed by atoms with van der Waals surface area (Å²) in [6.07, 6.45) is 4.95. The van der Waals surface area contributed by atoms with Crippen LogP contribution in [0.5, 0.6) is 0 Å². The topological polar surface area (TPSA) is 68.8 Å². The number of hydrogen-bond donors (Lipinski definition) is 3. The fraction of sp³-hybridized carbons (Fsp3) is 0.600. The third-order valence-electron chi connectivity index (χ3n) is 4.69. The number of piperidine rings is 1. The van der Waals surface area contributed by atoms with E-state index in [1.165, 1.54) is 37.9 Å². The molecule has 1 aromatic carbocycles. The molecule has 2 rings (SSSR count). The number of carbonyl (C=O) groups is 1. The third kappa shape index (κ3) is 9.18. The zero-order valence-corrected chi connectivity index (χ0v) is 19.2. The lowest BCUT2D eigenvalue weighted by atomic mass is 10.0. The van der Waals surface area contributed by atoms with Crippen molar-refractivity contribution in [3.8, 4) is 0 Å². The number of guanidine groups is 1. The number of anilines is 1. The Morgan fingerprint density at radius 1 is 1.32 bits per heavy atom. The number of halogens is 2. The van der Waals surface area contributed by atoms with Crippen molar-refractivity contribution in [3.63, 3.8) is 0 Å². The molecule has 1 aliphatic heterocycles. The Bertz CT molecular complexity index is 628. The number of rotatable bonds is 8. The minimum Gasteiger partial charge on any atom is -0.357 e. The highest BCUT2D eigenvalue weighted by atomic mass is 127. The molecule has 0 saturated carbocycles. The highest BCUT2D eigenvalue weighted by Gasteiger charge is 2.17. The Balaban J connectivity index is 0.00000392. The summed E-state index contributed by atoms with van der Waals surface area (Å²) in [5.74, 6) is -0.0344. The molecular formula is C20H33FIN5O. The zero-order chi connectivity index (χ0) is 19.5. The first-order chi connectivity index (χ1) is 13.1. The first-order valence-corrected chi connectivity index (χ1v) is 9.90. The lowest BCUT2D eigenvalue weighted by Crippen LogP contribution is -2.41. The molecule has 1 saturated heterocycles. The van der Waals surface area contributed by atoms with Gasteiger partial charge in [-0.25, -0.2) is 9.38 Å². The molecular weight excluding hydrogens is 472 g/mol. The standard InChI is InChI=1S/C20H32FN5O.HI/c1-3-22-20(23-11-7-13-26-12-5-4-8-16(26)2)24-15-19(27)25-18-10-6-9-17(21)14-18;/h6,9-10,14,16H,3-5,7-8,11-13,15H2,1-2H3,(H,25,27)(H2,22,23,24);1H. The Morgan fingerprint density at radius 2 is 2.14 bits per heavy atom. The quantitative estimate of drug-likeness (QED) is 0.220. The Kier molecular flexibility index (Phi) is 12.1. The first-order valence-electron chi connectivity index (χ1n) is 9.90. The van der Waals surface area contributed by atoms with E-state index in [2.05, 4.69) is 32.8 Å². The summed E-state index contributed by atoms with van der Waals surface area (Å²) in [4.78, 5) is 18.9. The molecule has 1 fully saturated rings. The van der Waals surface area contributed by atoms with Crippen molar-refractivity contribution < 1.29 is 9.18 Å². The van der Waals surface area contributed by atoms with Gasteiger partial charge in [-0.15, -0.1) is 24.0 Å². The summed E-state index contributed by atoms with van der Waals surface area (Å²) >= 11 is 0. The minimum absolute atomic E-state index is 0. The van der Waals surface area contributed by atoms with Crippen LogP contribution >= 0.6 is 24.0 Å². The Morgan fingerprint density at radius 3 is 2.86 bits per heavy atom. The van der Waals surface area contributed by atoms with Crippen LogP contribution in [-0.4, -0.2) is 55.5 Å². The van der Waals surface area contributed by atoms with Crippen LogP contribution in [0.2, 0.25) is 0 Å². The summed E-state index contributed by atoms with van der Waals surface area (Å²) in [5, 5.41) is 9.07. The highest BCUT2D eigenvalue weighted by Crippen LogP contribution is 2.16. The molecule has 0 aromatic heterocycles. The number of hydrogen-bond acceptors (Lipinski definition) is 3. The molecule has 0 bridgehead atoms. The second-order valence-corrected chi connectivity index (χ2v) is 6.91. The van der Waals surface area contributed by atoms with Crippen LogP contribution in [0, 0.1) is 5.82 Å². The fourth-order valence-corrected chi connectivity index (χ4v) is 3.24. The number of benzene rings is 1. The van der Waals surface area contributed by atoms with Gasteiger partial charge in [-0.05, 0) is 57.9 Å². The van der Waals surface area contributed by atoms with E-state index in [9.17, 15) is 9.18 Å². The van der Waals surface area contributed by atoms with Crippen LogP contribution in [-0.2, 0) is 4.79 Å². The van der Waals surface area contributed by atoms with Gasteiger partial charge in [-0.3, -0.25) is 4.79 Å². The van der Waals surface area contributed by atoms with Crippen molar-refractivity contribution >= 4 is 41.5 Å². The Hall–Kier alpha value is -1.42. The van der Waals surface area contributed by atoms with Gasteiger partial charge in [0.1, 0.15) is 12.4 Å². The second kappa shape index (κ2) is 13.7. The van der Waals surface area contributed by atoms with Crippen molar-refractivity contribution in [2.45, 2.75) is 45.6 Å². The normalized spacial score (nSPS) is 17.5. The van der Waals surface area contributed by atoms with Gasteiger partial charge >= 0.3 is 0 Å². The molecule has 3 N–H and O–H groups in total. The molecule has 6 nitrogen and oxygen atoms in total. The van der Waals surface area contributed by atoms with Gasteiger partial charge in [0.05, 0.1) is 0 Å². The SMILES string of the molecule is CCNC(=NCC(=O)Nc1cccc(F)c1)NCCCN1CCCCC1C.I. The summed E-state index contributed by atoms with van der Waals surface area (Å²) in [6.45, 7) is 8.06. The van der Waals surface area contributed by atoms with E-state index in [4.69, 9.17) is 0 Å². The van der Waals surface area contributed by atoms with E-state index >= 15 is 0 Å². The summed E-state index contributed by atoms with van der Waals surface area (Å²) < 4.78 is 13.2. The van der Waals surface area contributed by atoms with E-state index < -0.39 is 0 Å².